The van der Waals surface area contributed by atoms with Crippen molar-refractivity contribution in [3.05, 3.63) is 0 Å². The van der Waals surface area contributed by atoms with E-state index in [-0.39, 0.29) is 36.8 Å². The maximum atomic E-state index is 8.19. The number of hydrogen-bond acceptors (Lipinski definition) is 9. The Morgan fingerprint density at radius 3 is 1.43 bits per heavy atom. The standard InChI is InChI=1S/C7H12N2O.C6H13NO.C4H7N.C2H6O.CH2N2.ClH/c1-4-10-7(6(2)3)9-5-8;1-4-8-6(7)5(2)3;1-4(2)3-5;1-2-3;2-1-3;/h6H,4H2,1-3H3;5,7H,4H2,1-3H3;4H,1-2H3;3H,2H2,1H3;2H2;1H. The van der Waals surface area contributed by atoms with E-state index in [2.05, 4.69) is 10.7 Å². The van der Waals surface area contributed by atoms with Gasteiger partial charge in [0.2, 0.25) is 12.1 Å². The van der Waals surface area contributed by atoms with E-state index in [4.69, 9.17) is 35.8 Å². The Morgan fingerprint density at radius 2 is 1.30 bits per heavy atom. The molecule has 0 aromatic heterocycles. The molecule has 0 fully saturated rings. The van der Waals surface area contributed by atoms with Gasteiger partial charge in [0.15, 0.2) is 12.1 Å². The predicted molar refractivity (Wildman–Crippen MR) is 124 cm³/mol. The molecule has 0 aliphatic carbocycles. The summed E-state index contributed by atoms with van der Waals surface area (Å²) in [5, 5.41) is 37.9. The van der Waals surface area contributed by atoms with Crippen LogP contribution in [0.4, 0.5) is 0 Å². The van der Waals surface area contributed by atoms with Crippen LogP contribution in [0.3, 0.4) is 0 Å². The summed E-state index contributed by atoms with van der Waals surface area (Å²) in [6, 6.07) is 2.03. The van der Waals surface area contributed by atoms with Gasteiger partial charge in [-0.3, -0.25) is 5.41 Å². The fraction of sp³-hybridized carbons (Fsp3) is 0.750. The minimum Gasteiger partial charge on any atom is -0.481 e. The largest absolute Gasteiger partial charge is 0.481 e. The number of nitrogens with zero attached hydrogens (tertiary/aromatic N) is 4. The topological polar surface area (TPSA) is 172 Å². The van der Waals surface area contributed by atoms with Crippen molar-refractivity contribution in [2.24, 2.45) is 28.5 Å². The maximum absolute atomic E-state index is 8.19. The van der Waals surface area contributed by atoms with Crippen molar-refractivity contribution in [3.8, 4) is 18.5 Å². The number of aliphatic hydroxyl groups is 1. The highest BCUT2D eigenvalue weighted by atomic mass is 35.5. The molecule has 0 radical (unpaired) electrons. The number of nitriles is 3. The van der Waals surface area contributed by atoms with Crippen LogP contribution in [0.15, 0.2) is 4.99 Å². The van der Waals surface area contributed by atoms with Gasteiger partial charge in [-0.1, -0.05) is 27.7 Å². The molecule has 30 heavy (non-hydrogen) atoms. The first-order valence-electron chi connectivity index (χ1n) is 9.41. The molecular weight excluding hydrogens is 408 g/mol. The van der Waals surface area contributed by atoms with Gasteiger partial charge in [-0.25, -0.2) is 0 Å². The van der Waals surface area contributed by atoms with Crippen molar-refractivity contribution in [2.75, 3.05) is 19.8 Å². The van der Waals surface area contributed by atoms with Crippen molar-refractivity contribution < 1.29 is 14.6 Å². The summed E-state index contributed by atoms with van der Waals surface area (Å²) < 4.78 is 9.96. The third-order valence-electron chi connectivity index (χ3n) is 2.03. The molecule has 0 aromatic carbocycles. The number of nitrogens with two attached hydrogens (primary N) is 1. The molecule has 0 saturated heterocycles. The predicted octanol–water partition coefficient (Wildman–Crippen LogP) is 4.23. The smallest absolute Gasteiger partial charge is 0.208 e. The zero-order chi connectivity index (χ0) is 24.3. The monoisotopic (exact) mass is 448 g/mol. The highest BCUT2D eigenvalue weighted by Gasteiger charge is 2.04. The second-order valence-corrected chi connectivity index (χ2v) is 5.82. The van der Waals surface area contributed by atoms with Gasteiger partial charge in [0.25, 0.3) is 0 Å². The average Bonchev–Trinajstić information content (AvgIpc) is 2.64. The molecule has 0 spiro atoms. The average molecular weight is 449 g/mol. The van der Waals surface area contributed by atoms with Crippen LogP contribution in [0, 0.1) is 57.4 Å². The van der Waals surface area contributed by atoms with E-state index < -0.39 is 0 Å². The van der Waals surface area contributed by atoms with E-state index in [0.717, 1.165) is 0 Å². The fourth-order valence-corrected chi connectivity index (χ4v) is 0.847. The Hall–Kier alpha value is -2.54. The Labute approximate surface area is 189 Å². The number of rotatable bonds is 4. The minimum absolute atomic E-state index is 0. The molecule has 10 heteroatoms. The van der Waals surface area contributed by atoms with Crippen LogP contribution in [-0.2, 0) is 9.47 Å². The molecule has 0 aliphatic rings. The summed E-state index contributed by atoms with van der Waals surface area (Å²) in [7, 11) is 0. The van der Waals surface area contributed by atoms with E-state index in [1.54, 1.807) is 13.1 Å². The first kappa shape index (κ1) is 41.7. The fourth-order valence-electron chi connectivity index (χ4n) is 0.847. The Morgan fingerprint density at radius 1 is 0.967 bits per heavy atom. The van der Waals surface area contributed by atoms with Crippen LogP contribution in [0.1, 0.15) is 62.3 Å². The van der Waals surface area contributed by atoms with Gasteiger partial charge >= 0.3 is 0 Å². The van der Waals surface area contributed by atoms with E-state index in [1.165, 1.54) is 6.19 Å². The van der Waals surface area contributed by atoms with Crippen molar-refractivity contribution in [1.82, 2.24) is 0 Å². The summed E-state index contributed by atoms with van der Waals surface area (Å²) in [6.07, 6.45) is 2.95. The highest BCUT2D eigenvalue weighted by molar-refractivity contribution is 5.85. The number of nitrogens with one attached hydrogen (secondary N) is 1. The lowest BCUT2D eigenvalue weighted by Gasteiger charge is -2.07. The molecule has 0 amide bonds. The lowest BCUT2D eigenvalue weighted by molar-refractivity contribution is 0.303. The molecule has 0 saturated carbocycles. The molecule has 9 nitrogen and oxygen atoms in total. The van der Waals surface area contributed by atoms with Crippen molar-refractivity contribution >= 4 is 24.2 Å². The lowest BCUT2D eigenvalue weighted by atomic mass is 10.2. The van der Waals surface area contributed by atoms with Gasteiger partial charge in [-0.2, -0.15) is 15.8 Å². The van der Waals surface area contributed by atoms with Crippen LogP contribution < -0.4 is 5.73 Å². The summed E-state index contributed by atoms with van der Waals surface area (Å²) in [5.74, 6) is 1.52. The molecule has 0 atom stereocenters. The quantitative estimate of drug-likeness (QED) is 0.249. The summed E-state index contributed by atoms with van der Waals surface area (Å²) in [5.41, 5.74) is 4.15. The Kier molecular flexibility index (Phi) is 51.8. The zero-order valence-corrected chi connectivity index (χ0v) is 20.7. The molecule has 0 heterocycles. The molecule has 0 rings (SSSR count). The van der Waals surface area contributed by atoms with Crippen molar-refractivity contribution in [2.45, 2.75) is 62.3 Å². The normalized spacial score (nSPS) is 8.40. The molecular formula is C20H41ClN6O3. The zero-order valence-electron chi connectivity index (χ0n) is 19.9. The van der Waals surface area contributed by atoms with Gasteiger partial charge in [0, 0.05) is 24.4 Å². The number of halogens is 1. The first-order valence-corrected chi connectivity index (χ1v) is 9.41. The second kappa shape index (κ2) is 37.2. The third-order valence-corrected chi connectivity index (χ3v) is 2.03. The molecule has 4 N–H and O–H groups in total. The van der Waals surface area contributed by atoms with Gasteiger partial charge < -0.3 is 20.3 Å². The van der Waals surface area contributed by atoms with Crippen LogP contribution in [0.2, 0.25) is 0 Å². The Bertz CT molecular complexity index is 504. The first-order chi connectivity index (χ1) is 13.5. The SMILES string of the molecule is CC(C)C#N.CCO.CCOC(=N)C(C)C.CCOC(=NC#N)C(C)C.Cl.N#CN. The van der Waals surface area contributed by atoms with Gasteiger partial charge in [-0.05, 0) is 34.6 Å². The van der Waals surface area contributed by atoms with Crippen molar-refractivity contribution in [1.29, 1.82) is 21.2 Å². The second-order valence-electron chi connectivity index (χ2n) is 5.82. The summed E-state index contributed by atoms with van der Waals surface area (Å²) in [4.78, 5) is 3.51. The lowest BCUT2D eigenvalue weighted by Crippen LogP contribution is -2.11. The van der Waals surface area contributed by atoms with E-state index in [1.807, 2.05) is 61.5 Å². The van der Waals surface area contributed by atoms with Gasteiger partial charge in [0.1, 0.15) is 0 Å². The number of aliphatic hydroxyl groups excluding tert-OH is 1. The van der Waals surface area contributed by atoms with Gasteiger partial charge in [0.05, 0.1) is 19.3 Å². The molecule has 0 aliphatic heterocycles. The van der Waals surface area contributed by atoms with Crippen molar-refractivity contribution in [3.63, 3.8) is 0 Å². The highest BCUT2D eigenvalue weighted by Crippen LogP contribution is 1.98. The molecule has 0 unspecified atom stereocenters. The molecule has 0 aromatic rings. The van der Waals surface area contributed by atoms with E-state index >= 15 is 0 Å². The number of ether oxygens (including phenoxy) is 2. The maximum Gasteiger partial charge on any atom is 0.208 e. The van der Waals surface area contributed by atoms with Crippen LogP contribution in [-0.4, -0.2) is 36.7 Å². The van der Waals surface area contributed by atoms with Gasteiger partial charge in [-0.15, -0.1) is 17.4 Å². The van der Waals surface area contributed by atoms with Crippen LogP contribution in [0.25, 0.3) is 0 Å². The third kappa shape index (κ3) is 56.2. The van der Waals surface area contributed by atoms with E-state index in [9.17, 15) is 0 Å². The van der Waals surface area contributed by atoms with E-state index in [0.29, 0.717) is 25.0 Å². The number of hydrogen-bond donors (Lipinski definition) is 3. The Balaban J connectivity index is -0.0000000646. The van der Waals surface area contributed by atoms with Crippen LogP contribution >= 0.6 is 12.4 Å². The summed E-state index contributed by atoms with van der Waals surface area (Å²) in [6.45, 7) is 18.3. The molecule has 0 bridgehead atoms. The molecule has 176 valence electrons. The number of aliphatic imine (C=N–C) groups is 1. The summed E-state index contributed by atoms with van der Waals surface area (Å²) >= 11 is 0. The van der Waals surface area contributed by atoms with Crippen LogP contribution in [0.5, 0.6) is 0 Å². The minimum atomic E-state index is 0.